The van der Waals surface area contributed by atoms with Crippen LogP contribution >= 0.6 is 11.3 Å². The zero-order valence-corrected chi connectivity index (χ0v) is 19.7. The molecule has 7 nitrogen and oxygen atoms in total. The van der Waals surface area contributed by atoms with Gasteiger partial charge in [-0.15, -0.1) is 11.3 Å². The minimum Gasteiger partial charge on any atom is -0.495 e. The summed E-state index contributed by atoms with van der Waals surface area (Å²) in [4.78, 5) is 27.4. The molecular formula is C24H31N5O2S. The van der Waals surface area contributed by atoms with Crippen molar-refractivity contribution in [3.05, 3.63) is 51.4 Å². The molecule has 8 heteroatoms. The highest BCUT2D eigenvalue weighted by Gasteiger charge is 2.24. The molecular weight excluding hydrogens is 422 g/mol. The molecule has 0 bridgehead atoms. The van der Waals surface area contributed by atoms with E-state index in [0.29, 0.717) is 6.54 Å². The number of nitrogens with zero attached hydrogens (tertiary/aromatic N) is 5. The van der Waals surface area contributed by atoms with Gasteiger partial charge in [-0.1, -0.05) is 19.1 Å². The highest BCUT2D eigenvalue weighted by Crippen LogP contribution is 2.32. The van der Waals surface area contributed by atoms with Crippen molar-refractivity contribution in [2.24, 2.45) is 0 Å². The van der Waals surface area contributed by atoms with Gasteiger partial charge < -0.3 is 9.64 Å². The van der Waals surface area contributed by atoms with Gasteiger partial charge in [0.1, 0.15) is 10.6 Å². The van der Waals surface area contributed by atoms with Crippen LogP contribution in [0, 0.1) is 0 Å². The number of para-hydroxylation sites is 2. The average molecular weight is 454 g/mol. The second-order valence-electron chi connectivity index (χ2n) is 8.55. The van der Waals surface area contributed by atoms with Crippen molar-refractivity contribution in [2.75, 3.05) is 57.8 Å². The van der Waals surface area contributed by atoms with E-state index in [1.807, 2.05) is 16.7 Å². The number of thiophene rings is 1. The summed E-state index contributed by atoms with van der Waals surface area (Å²) in [5.74, 6) is 0.924. The van der Waals surface area contributed by atoms with Crippen LogP contribution < -0.4 is 15.2 Å². The number of methoxy groups -OCH3 is 1. The number of benzene rings is 1. The lowest BCUT2D eigenvalue weighted by Crippen LogP contribution is -2.47. The van der Waals surface area contributed by atoms with Crippen LogP contribution in [0.25, 0.3) is 10.2 Å². The van der Waals surface area contributed by atoms with Gasteiger partial charge in [0.25, 0.3) is 5.56 Å². The lowest BCUT2D eigenvalue weighted by molar-refractivity contribution is 0.246. The summed E-state index contributed by atoms with van der Waals surface area (Å²) in [5, 5.41) is 0.865. The predicted octanol–water partition coefficient (Wildman–Crippen LogP) is 2.67. The largest absolute Gasteiger partial charge is 0.495 e. The Hall–Kier alpha value is -2.42. The maximum absolute atomic E-state index is 13.3. The monoisotopic (exact) mass is 453 g/mol. The van der Waals surface area contributed by atoms with Crippen molar-refractivity contribution in [1.82, 2.24) is 19.4 Å². The molecule has 0 N–H and O–H groups in total. The predicted molar refractivity (Wildman–Crippen MR) is 130 cm³/mol. The van der Waals surface area contributed by atoms with E-state index < -0.39 is 0 Å². The molecule has 0 saturated carbocycles. The molecule has 170 valence electrons. The number of ether oxygens (including phenoxy) is 1. The Kier molecular flexibility index (Phi) is 6.17. The third-order valence-electron chi connectivity index (χ3n) is 6.81. The molecule has 1 aromatic carbocycles. The van der Waals surface area contributed by atoms with E-state index in [0.717, 1.165) is 80.4 Å². The van der Waals surface area contributed by atoms with Gasteiger partial charge in [-0.3, -0.25) is 19.2 Å². The quantitative estimate of drug-likeness (QED) is 0.572. The van der Waals surface area contributed by atoms with E-state index in [9.17, 15) is 4.79 Å². The van der Waals surface area contributed by atoms with Crippen LogP contribution in [0.3, 0.4) is 0 Å². The number of hydrogen-bond acceptors (Lipinski definition) is 7. The average Bonchev–Trinajstić information content (AvgIpc) is 3.22. The fourth-order valence-corrected chi connectivity index (χ4v) is 6.07. The third kappa shape index (κ3) is 4.02. The van der Waals surface area contributed by atoms with E-state index in [1.165, 1.54) is 10.4 Å². The Morgan fingerprint density at radius 3 is 2.66 bits per heavy atom. The number of anilines is 1. The molecule has 0 spiro atoms. The van der Waals surface area contributed by atoms with Gasteiger partial charge in [-0.25, -0.2) is 4.98 Å². The smallest absolute Gasteiger partial charge is 0.262 e. The SMILES string of the molecule is CCN1CCc2c(sc3ncn(CCN4CCN(c5ccccc5OC)CC4)c(=O)c23)C1. The van der Waals surface area contributed by atoms with Crippen LogP contribution in [0.1, 0.15) is 17.4 Å². The highest BCUT2D eigenvalue weighted by atomic mass is 32.1. The van der Waals surface area contributed by atoms with Gasteiger partial charge in [0.15, 0.2) is 0 Å². The van der Waals surface area contributed by atoms with Gasteiger partial charge in [-0.2, -0.15) is 0 Å². The Bertz CT molecular complexity index is 1150. The Labute approximate surface area is 192 Å². The van der Waals surface area contributed by atoms with Crippen molar-refractivity contribution in [3.63, 3.8) is 0 Å². The van der Waals surface area contributed by atoms with E-state index >= 15 is 0 Å². The van der Waals surface area contributed by atoms with Gasteiger partial charge >= 0.3 is 0 Å². The maximum atomic E-state index is 13.3. The molecule has 0 atom stereocenters. The molecule has 32 heavy (non-hydrogen) atoms. The first-order chi connectivity index (χ1) is 15.7. The highest BCUT2D eigenvalue weighted by molar-refractivity contribution is 7.18. The van der Waals surface area contributed by atoms with Crippen molar-refractivity contribution >= 4 is 27.2 Å². The maximum Gasteiger partial charge on any atom is 0.262 e. The first-order valence-corrected chi connectivity index (χ1v) is 12.3. The molecule has 1 saturated heterocycles. The zero-order chi connectivity index (χ0) is 22.1. The molecule has 4 heterocycles. The molecule has 0 amide bonds. The molecule has 2 aliphatic heterocycles. The Morgan fingerprint density at radius 1 is 1.06 bits per heavy atom. The number of likely N-dealkylation sites (N-methyl/N-ethyl adjacent to an activating group) is 1. The minimum absolute atomic E-state index is 0.130. The van der Waals surface area contributed by atoms with E-state index in [-0.39, 0.29) is 5.56 Å². The summed E-state index contributed by atoms with van der Waals surface area (Å²) in [6.07, 6.45) is 2.70. The minimum atomic E-state index is 0.130. The van der Waals surface area contributed by atoms with Crippen molar-refractivity contribution < 1.29 is 4.74 Å². The van der Waals surface area contributed by atoms with Crippen LogP contribution in [0.5, 0.6) is 5.75 Å². The zero-order valence-electron chi connectivity index (χ0n) is 18.9. The summed E-state index contributed by atoms with van der Waals surface area (Å²) in [5.41, 5.74) is 2.53. The van der Waals surface area contributed by atoms with E-state index in [2.05, 4.69) is 38.7 Å². The van der Waals surface area contributed by atoms with Crippen molar-refractivity contribution in [3.8, 4) is 5.75 Å². The molecule has 0 aliphatic carbocycles. The standard InChI is InChI=1S/C24H31N5O2S/c1-3-26-9-8-18-21(16-26)32-23-22(18)24(30)29(17-25-23)15-12-27-10-13-28(14-11-27)19-6-4-5-7-20(19)31-2/h4-7,17H,3,8-16H2,1-2H3. The number of hydrogen-bond donors (Lipinski definition) is 0. The van der Waals surface area contributed by atoms with Crippen LogP contribution in [-0.2, 0) is 19.5 Å². The number of fused-ring (bicyclic) bond motifs is 3. The van der Waals surface area contributed by atoms with Crippen LogP contribution in [0.2, 0.25) is 0 Å². The summed E-state index contributed by atoms with van der Waals surface area (Å²) >= 11 is 1.70. The molecule has 3 aromatic rings. The molecule has 1 fully saturated rings. The normalized spacial score (nSPS) is 17.6. The summed E-state index contributed by atoms with van der Waals surface area (Å²) < 4.78 is 7.34. The van der Waals surface area contributed by atoms with Crippen molar-refractivity contribution in [1.29, 1.82) is 0 Å². The fourth-order valence-electron chi connectivity index (χ4n) is 4.85. The number of aromatic nitrogens is 2. The van der Waals surface area contributed by atoms with E-state index in [4.69, 9.17) is 4.74 Å². The Balaban J connectivity index is 1.24. The second-order valence-corrected chi connectivity index (χ2v) is 9.63. The third-order valence-corrected chi connectivity index (χ3v) is 7.93. The Morgan fingerprint density at radius 2 is 1.88 bits per heavy atom. The van der Waals surface area contributed by atoms with Gasteiger partial charge in [-0.05, 0) is 30.7 Å². The van der Waals surface area contributed by atoms with Gasteiger partial charge in [0.2, 0.25) is 0 Å². The molecule has 2 aliphatic rings. The van der Waals surface area contributed by atoms with Gasteiger partial charge in [0, 0.05) is 57.2 Å². The first kappa shape index (κ1) is 21.4. The van der Waals surface area contributed by atoms with Crippen LogP contribution in [0.15, 0.2) is 35.4 Å². The topological polar surface area (TPSA) is 53.8 Å². The van der Waals surface area contributed by atoms with Crippen LogP contribution in [0.4, 0.5) is 5.69 Å². The van der Waals surface area contributed by atoms with Gasteiger partial charge in [0.05, 0.1) is 24.5 Å². The fraction of sp³-hybridized carbons (Fsp3) is 0.500. The van der Waals surface area contributed by atoms with E-state index in [1.54, 1.807) is 24.8 Å². The number of rotatable bonds is 6. The lowest BCUT2D eigenvalue weighted by Gasteiger charge is -2.36. The molecule has 2 aromatic heterocycles. The summed E-state index contributed by atoms with van der Waals surface area (Å²) in [6.45, 7) is 10.6. The molecule has 0 radical (unpaired) electrons. The summed E-state index contributed by atoms with van der Waals surface area (Å²) in [7, 11) is 1.72. The molecule has 5 rings (SSSR count). The summed E-state index contributed by atoms with van der Waals surface area (Å²) in [6, 6.07) is 8.20. The van der Waals surface area contributed by atoms with Crippen molar-refractivity contribution in [2.45, 2.75) is 26.4 Å². The second kappa shape index (κ2) is 9.21. The first-order valence-electron chi connectivity index (χ1n) is 11.5. The van der Waals surface area contributed by atoms with Crippen LogP contribution in [-0.4, -0.2) is 72.3 Å². The lowest BCUT2D eigenvalue weighted by atomic mass is 10.1. The number of piperazine rings is 1. The molecule has 0 unspecified atom stereocenters.